The van der Waals surface area contributed by atoms with Crippen molar-refractivity contribution in [3.8, 4) is 6.07 Å². The number of hydrogen-bond acceptors (Lipinski definition) is 4. The Hall–Kier alpha value is -3.17. The number of benzene rings is 2. The van der Waals surface area contributed by atoms with Crippen molar-refractivity contribution in [2.24, 2.45) is 5.92 Å². The molecule has 0 spiro atoms. The Morgan fingerprint density at radius 2 is 1.90 bits per heavy atom. The molecular formula is C23H24N2O4. The van der Waals surface area contributed by atoms with Gasteiger partial charge in [-0.25, -0.2) is 4.79 Å². The Kier molecular flexibility index (Phi) is 6.00. The molecule has 0 bridgehead atoms. The predicted octanol–water partition coefficient (Wildman–Crippen LogP) is 3.60. The summed E-state index contributed by atoms with van der Waals surface area (Å²) in [6.45, 7) is 4.10. The van der Waals surface area contributed by atoms with Crippen molar-refractivity contribution in [2.75, 3.05) is 0 Å². The number of ether oxygens (including phenoxy) is 1. The van der Waals surface area contributed by atoms with E-state index in [2.05, 4.69) is 11.4 Å². The number of nitrogens with one attached hydrogen (secondary N) is 1. The largest absolute Gasteiger partial charge is 0.478 e. The SMILES string of the molecule is CC(C)C(OCc1cccc(C#N)c1)C(=O)NC1(c2ccc(C(=O)O)cc2)CC1. The topological polar surface area (TPSA) is 99.4 Å². The monoisotopic (exact) mass is 392 g/mol. The van der Waals surface area contributed by atoms with Crippen LogP contribution in [-0.2, 0) is 21.7 Å². The molecule has 1 aliphatic rings. The molecule has 2 aromatic carbocycles. The molecule has 150 valence electrons. The third kappa shape index (κ3) is 4.82. The number of amides is 1. The van der Waals surface area contributed by atoms with Crippen LogP contribution in [0.25, 0.3) is 0 Å². The van der Waals surface area contributed by atoms with E-state index in [0.29, 0.717) is 5.56 Å². The van der Waals surface area contributed by atoms with Gasteiger partial charge in [0.15, 0.2) is 0 Å². The van der Waals surface area contributed by atoms with Crippen molar-refractivity contribution in [3.63, 3.8) is 0 Å². The lowest BCUT2D eigenvalue weighted by atomic mass is 10.0. The second-order valence-electron chi connectivity index (χ2n) is 7.74. The van der Waals surface area contributed by atoms with Gasteiger partial charge in [-0.2, -0.15) is 5.26 Å². The van der Waals surface area contributed by atoms with E-state index in [1.807, 2.05) is 19.9 Å². The smallest absolute Gasteiger partial charge is 0.335 e. The summed E-state index contributed by atoms with van der Waals surface area (Å²) in [6.07, 6.45) is 0.983. The number of hydrogen-bond donors (Lipinski definition) is 2. The number of aromatic carboxylic acids is 1. The van der Waals surface area contributed by atoms with Crippen LogP contribution < -0.4 is 5.32 Å². The molecule has 29 heavy (non-hydrogen) atoms. The van der Waals surface area contributed by atoms with Gasteiger partial charge in [0, 0.05) is 0 Å². The van der Waals surface area contributed by atoms with Crippen LogP contribution in [-0.4, -0.2) is 23.1 Å². The van der Waals surface area contributed by atoms with Crippen molar-refractivity contribution >= 4 is 11.9 Å². The minimum absolute atomic E-state index is 0.0284. The van der Waals surface area contributed by atoms with Crippen LogP contribution >= 0.6 is 0 Å². The summed E-state index contributed by atoms with van der Waals surface area (Å²) >= 11 is 0. The van der Waals surface area contributed by atoms with Crippen LogP contribution in [0.5, 0.6) is 0 Å². The van der Waals surface area contributed by atoms with E-state index in [4.69, 9.17) is 15.1 Å². The Labute approximate surface area is 170 Å². The first-order chi connectivity index (χ1) is 13.8. The highest BCUT2D eigenvalue weighted by molar-refractivity contribution is 5.87. The molecule has 1 fully saturated rings. The summed E-state index contributed by atoms with van der Waals surface area (Å²) in [5, 5.41) is 21.2. The first-order valence-electron chi connectivity index (χ1n) is 9.61. The Balaban J connectivity index is 1.67. The summed E-state index contributed by atoms with van der Waals surface area (Å²) in [5.41, 5.74) is 2.07. The number of nitrogens with zero attached hydrogens (tertiary/aromatic N) is 1. The maximum Gasteiger partial charge on any atom is 0.335 e. The fraction of sp³-hybridized carbons (Fsp3) is 0.348. The molecular weight excluding hydrogens is 368 g/mol. The van der Waals surface area contributed by atoms with Crippen LogP contribution in [0.1, 0.15) is 53.7 Å². The minimum Gasteiger partial charge on any atom is -0.478 e. The lowest BCUT2D eigenvalue weighted by Crippen LogP contribution is -2.44. The van der Waals surface area contributed by atoms with E-state index < -0.39 is 17.6 Å². The summed E-state index contributed by atoms with van der Waals surface area (Å²) in [4.78, 5) is 24.0. The van der Waals surface area contributed by atoms with Crippen LogP contribution in [0.15, 0.2) is 48.5 Å². The highest BCUT2D eigenvalue weighted by Crippen LogP contribution is 2.45. The lowest BCUT2D eigenvalue weighted by molar-refractivity contribution is -0.137. The molecule has 0 radical (unpaired) electrons. The van der Waals surface area contributed by atoms with Gasteiger partial charge in [-0.05, 0) is 54.2 Å². The van der Waals surface area contributed by atoms with Gasteiger partial charge in [-0.3, -0.25) is 4.79 Å². The molecule has 2 aromatic rings. The van der Waals surface area contributed by atoms with Gasteiger partial charge in [-0.1, -0.05) is 38.1 Å². The number of carbonyl (C=O) groups is 2. The third-order valence-corrected chi connectivity index (χ3v) is 5.15. The zero-order chi connectivity index (χ0) is 21.0. The summed E-state index contributed by atoms with van der Waals surface area (Å²) in [6, 6.07) is 15.9. The molecule has 1 unspecified atom stereocenters. The van der Waals surface area contributed by atoms with Crippen molar-refractivity contribution in [2.45, 2.75) is 44.9 Å². The number of nitriles is 1. The molecule has 1 saturated carbocycles. The highest BCUT2D eigenvalue weighted by atomic mass is 16.5. The van der Waals surface area contributed by atoms with E-state index in [1.54, 1.807) is 42.5 Å². The molecule has 6 nitrogen and oxygen atoms in total. The zero-order valence-corrected chi connectivity index (χ0v) is 16.5. The molecule has 1 amide bonds. The van der Waals surface area contributed by atoms with Gasteiger partial charge < -0.3 is 15.2 Å². The number of carboxylic acids is 1. The Morgan fingerprint density at radius 1 is 1.21 bits per heavy atom. The average Bonchev–Trinajstić information content (AvgIpc) is 3.48. The quantitative estimate of drug-likeness (QED) is 0.715. The third-order valence-electron chi connectivity index (χ3n) is 5.15. The van der Waals surface area contributed by atoms with Crippen LogP contribution in [0.3, 0.4) is 0 Å². The standard InChI is InChI=1S/C23H24N2O4/c1-15(2)20(29-14-17-5-3-4-16(12-17)13-24)21(26)25-23(10-11-23)19-8-6-18(7-9-19)22(27)28/h3-9,12,15,20H,10-11,14H2,1-2H3,(H,25,26)(H,27,28). The van der Waals surface area contributed by atoms with E-state index in [0.717, 1.165) is 24.0 Å². The average molecular weight is 392 g/mol. The van der Waals surface area contributed by atoms with Crippen molar-refractivity contribution in [3.05, 3.63) is 70.8 Å². The molecule has 0 aliphatic heterocycles. The van der Waals surface area contributed by atoms with Crippen LogP contribution in [0.4, 0.5) is 0 Å². The summed E-state index contributed by atoms with van der Waals surface area (Å²) in [7, 11) is 0. The molecule has 0 saturated heterocycles. The fourth-order valence-corrected chi connectivity index (χ4v) is 3.34. The van der Waals surface area contributed by atoms with Crippen LogP contribution in [0.2, 0.25) is 0 Å². The van der Waals surface area contributed by atoms with Crippen molar-refractivity contribution in [1.29, 1.82) is 5.26 Å². The van der Waals surface area contributed by atoms with Gasteiger partial charge >= 0.3 is 5.97 Å². The van der Waals surface area contributed by atoms with Crippen molar-refractivity contribution < 1.29 is 19.4 Å². The highest BCUT2D eigenvalue weighted by Gasteiger charge is 2.46. The van der Waals surface area contributed by atoms with Gasteiger partial charge in [0.05, 0.1) is 29.3 Å². The van der Waals surface area contributed by atoms with E-state index in [1.165, 1.54) is 0 Å². The van der Waals surface area contributed by atoms with E-state index in [-0.39, 0.29) is 24.0 Å². The van der Waals surface area contributed by atoms with Crippen molar-refractivity contribution in [1.82, 2.24) is 5.32 Å². The molecule has 0 heterocycles. The molecule has 1 atom stereocenters. The fourth-order valence-electron chi connectivity index (χ4n) is 3.34. The summed E-state index contributed by atoms with van der Waals surface area (Å²) < 4.78 is 5.91. The molecule has 2 N–H and O–H groups in total. The van der Waals surface area contributed by atoms with E-state index >= 15 is 0 Å². The zero-order valence-electron chi connectivity index (χ0n) is 16.5. The van der Waals surface area contributed by atoms with Gasteiger partial charge in [-0.15, -0.1) is 0 Å². The van der Waals surface area contributed by atoms with Gasteiger partial charge in [0.2, 0.25) is 5.91 Å². The summed E-state index contributed by atoms with van der Waals surface area (Å²) in [5.74, 6) is -1.19. The lowest BCUT2D eigenvalue weighted by Gasteiger charge is -2.25. The van der Waals surface area contributed by atoms with Gasteiger partial charge in [0.25, 0.3) is 0 Å². The molecule has 1 aliphatic carbocycles. The number of rotatable bonds is 8. The maximum absolute atomic E-state index is 13.0. The second kappa shape index (κ2) is 8.46. The number of carboxylic acid groups (broad SMARTS) is 1. The number of carbonyl (C=O) groups excluding carboxylic acids is 1. The molecule has 6 heteroatoms. The first kappa shape index (κ1) is 20.6. The Bertz CT molecular complexity index is 940. The molecule has 0 aromatic heterocycles. The Morgan fingerprint density at radius 3 is 2.45 bits per heavy atom. The van der Waals surface area contributed by atoms with E-state index in [9.17, 15) is 9.59 Å². The molecule has 3 rings (SSSR count). The van der Waals surface area contributed by atoms with Crippen LogP contribution in [0, 0.1) is 17.2 Å². The minimum atomic E-state index is -0.973. The normalized spacial score (nSPS) is 15.4. The first-order valence-corrected chi connectivity index (χ1v) is 9.61. The van der Waals surface area contributed by atoms with Gasteiger partial charge in [0.1, 0.15) is 6.10 Å². The predicted molar refractivity (Wildman–Crippen MR) is 107 cm³/mol. The maximum atomic E-state index is 13.0. The second-order valence-corrected chi connectivity index (χ2v) is 7.74.